The summed E-state index contributed by atoms with van der Waals surface area (Å²) in [5, 5.41) is 0.903. The fourth-order valence-electron chi connectivity index (χ4n) is 2.33. The second-order valence-electron chi connectivity index (χ2n) is 4.47. The molecule has 0 aliphatic carbocycles. The van der Waals surface area contributed by atoms with E-state index >= 15 is 0 Å². The van der Waals surface area contributed by atoms with Crippen LogP contribution in [0.1, 0.15) is 17.5 Å². The van der Waals surface area contributed by atoms with Crippen LogP contribution in [0, 0.1) is 19.8 Å². The molecular formula is C13H16BrNO. The SMILES string of the molecule is Cc1cccc(C)c1N1CC(CBr)CC1=O. The normalized spacial score (nSPS) is 20.6. The Hall–Kier alpha value is -0.830. The topological polar surface area (TPSA) is 20.3 Å². The molecule has 2 nitrogen and oxygen atoms in total. The van der Waals surface area contributed by atoms with Crippen LogP contribution in [0.2, 0.25) is 0 Å². The smallest absolute Gasteiger partial charge is 0.227 e. The summed E-state index contributed by atoms with van der Waals surface area (Å²) in [6, 6.07) is 6.17. The quantitative estimate of drug-likeness (QED) is 0.763. The number of rotatable bonds is 2. The summed E-state index contributed by atoms with van der Waals surface area (Å²) in [6.07, 6.45) is 0.666. The van der Waals surface area contributed by atoms with E-state index in [1.807, 2.05) is 11.0 Å². The number of anilines is 1. The van der Waals surface area contributed by atoms with E-state index in [1.165, 1.54) is 11.1 Å². The molecule has 1 atom stereocenters. The van der Waals surface area contributed by atoms with Crippen molar-refractivity contribution < 1.29 is 4.79 Å². The van der Waals surface area contributed by atoms with Gasteiger partial charge in [-0.05, 0) is 30.9 Å². The fourth-order valence-corrected chi connectivity index (χ4v) is 2.77. The minimum absolute atomic E-state index is 0.252. The minimum Gasteiger partial charge on any atom is -0.312 e. The first-order valence-electron chi connectivity index (χ1n) is 5.56. The third-order valence-corrected chi connectivity index (χ3v) is 4.05. The largest absolute Gasteiger partial charge is 0.312 e. The molecule has 1 amide bonds. The predicted molar refractivity (Wildman–Crippen MR) is 70.2 cm³/mol. The first-order chi connectivity index (χ1) is 7.63. The summed E-state index contributed by atoms with van der Waals surface area (Å²) in [5.41, 5.74) is 3.48. The maximum Gasteiger partial charge on any atom is 0.227 e. The van der Waals surface area contributed by atoms with Gasteiger partial charge < -0.3 is 4.90 Å². The first kappa shape index (κ1) is 11.6. The van der Waals surface area contributed by atoms with Crippen molar-refractivity contribution in [3.8, 4) is 0 Å². The second kappa shape index (κ2) is 4.58. The molecule has 0 saturated carbocycles. The van der Waals surface area contributed by atoms with Gasteiger partial charge in [-0.1, -0.05) is 34.1 Å². The number of benzene rings is 1. The molecule has 16 heavy (non-hydrogen) atoms. The fraction of sp³-hybridized carbons (Fsp3) is 0.462. The van der Waals surface area contributed by atoms with Gasteiger partial charge in [0.25, 0.3) is 0 Å². The van der Waals surface area contributed by atoms with E-state index in [1.54, 1.807) is 0 Å². The van der Waals surface area contributed by atoms with Crippen LogP contribution in [0.4, 0.5) is 5.69 Å². The van der Waals surface area contributed by atoms with Crippen LogP contribution < -0.4 is 4.90 Å². The average Bonchev–Trinajstić information content (AvgIpc) is 2.60. The van der Waals surface area contributed by atoms with Crippen LogP contribution in [0.3, 0.4) is 0 Å². The first-order valence-corrected chi connectivity index (χ1v) is 6.68. The van der Waals surface area contributed by atoms with Crippen LogP contribution >= 0.6 is 15.9 Å². The number of amides is 1. The van der Waals surface area contributed by atoms with Gasteiger partial charge in [-0.3, -0.25) is 4.79 Å². The lowest BCUT2D eigenvalue weighted by atomic mass is 10.1. The highest BCUT2D eigenvalue weighted by molar-refractivity contribution is 9.09. The van der Waals surface area contributed by atoms with Crippen LogP contribution in [0.15, 0.2) is 18.2 Å². The summed E-state index contributed by atoms with van der Waals surface area (Å²) in [7, 11) is 0. The number of carbonyl (C=O) groups excluding carboxylic acids is 1. The Morgan fingerprint density at radius 1 is 1.38 bits per heavy atom. The molecule has 1 aromatic carbocycles. The molecule has 2 rings (SSSR count). The highest BCUT2D eigenvalue weighted by Gasteiger charge is 2.31. The Bertz CT molecular complexity index is 396. The molecule has 0 bridgehead atoms. The molecule has 1 saturated heterocycles. The lowest BCUT2D eigenvalue weighted by molar-refractivity contribution is -0.117. The second-order valence-corrected chi connectivity index (χ2v) is 5.12. The van der Waals surface area contributed by atoms with Gasteiger partial charge in [0.05, 0.1) is 0 Å². The van der Waals surface area contributed by atoms with Crippen molar-refractivity contribution in [2.45, 2.75) is 20.3 Å². The lowest BCUT2D eigenvalue weighted by Gasteiger charge is -2.21. The maximum absolute atomic E-state index is 12.0. The van der Waals surface area contributed by atoms with Crippen LogP contribution in [-0.4, -0.2) is 17.8 Å². The van der Waals surface area contributed by atoms with Crippen LogP contribution in [-0.2, 0) is 4.79 Å². The highest BCUT2D eigenvalue weighted by atomic mass is 79.9. The summed E-state index contributed by atoms with van der Waals surface area (Å²) in [5.74, 6) is 0.702. The molecule has 1 heterocycles. The van der Waals surface area contributed by atoms with E-state index in [9.17, 15) is 4.79 Å². The number of hydrogen-bond acceptors (Lipinski definition) is 1. The van der Waals surface area contributed by atoms with E-state index in [-0.39, 0.29) is 5.91 Å². The number of aryl methyl sites for hydroxylation is 2. The zero-order valence-electron chi connectivity index (χ0n) is 9.66. The predicted octanol–water partition coefficient (Wildman–Crippen LogP) is 3.05. The van der Waals surface area contributed by atoms with Crippen LogP contribution in [0.25, 0.3) is 0 Å². The third kappa shape index (κ3) is 2.01. The molecule has 1 aromatic rings. The molecule has 0 N–H and O–H groups in total. The Labute approximate surface area is 105 Å². The zero-order valence-corrected chi connectivity index (χ0v) is 11.3. The number of nitrogens with zero attached hydrogens (tertiary/aromatic N) is 1. The molecular weight excluding hydrogens is 266 g/mol. The van der Waals surface area contributed by atoms with Gasteiger partial charge in [0.15, 0.2) is 0 Å². The maximum atomic E-state index is 12.0. The monoisotopic (exact) mass is 281 g/mol. The van der Waals surface area contributed by atoms with E-state index in [4.69, 9.17) is 0 Å². The molecule has 1 aliphatic heterocycles. The van der Waals surface area contributed by atoms with E-state index < -0.39 is 0 Å². The molecule has 1 aliphatic rings. The van der Waals surface area contributed by atoms with Crippen molar-refractivity contribution in [1.29, 1.82) is 0 Å². The molecule has 0 spiro atoms. The van der Waals surface area contributed by atoms with Gasteiger partial charge in [0.1, 0.15) is 0 Å². The molecule has 86 valence electrons. The van der Waals surface area contributed by atoms with Gasteiger partial charge in [-0.15, -0.1) is 0 Å². The number of hydrogen-bond donors (Lipinski definition) is 0. The minimum atomic E-state index is 0.252. The van der Waals surface area contributed by atoms with Gasteiger partial charge in [0.2, 0.25) is 5.91 Å². The van der Waals surface area contributed by atoms with Gasteiger partial charge >= 0.3 is 0 Å². The molecule has 1 unspecified atom stereocenters. The van der Waals surface area contributed by atoms with E-state index in [2.05, 4.69) is 41.9 Å². The van der Waals surface area contributed by atoms with Crippen molar-refractivity contribution in [3.63, 3.8) is 0 Å². The van der Waals surface area contributed by atoms with Gasteiger partial charge in [0, 0.05) is 24.0 Å². The standard InChI is InChI=1S/C13H16BrNO/c1-9-4-3-5-10(2)13(9)15-8-11(7-14)6-12(15)16/h3-5,11H,6-8H2,1-2H3. The van der Waals surface area contributed by atoms with Crippen molar-refractivity contribution >= 4 is 27.5 Å². The lowest BCUT2D eigenvalue weighted by Crippen LogP contribution is -2.26. The van der Waals surface area contributed by atoms with E-state index in [0.29, 0.717) is 12.3 Å². The number of alkyl halides is 1. The number of para-hydroxylation sites is 1. The summed E-state index contributed by atoms with van der Waals surface area (Å²) < 4.78 is 0. The highest BCUT2D eigenvalue weighted by Crippen LogP contribution is 2.31. The van der Waals surface area contributed by atoms with Gasteiger partial charge in [-0.25, -0.2) is 0 Å². The summed E-state index contributed by atoms with van der Waals surface area (Å²) in [4.78, 5) is 13.9. The van der Waals surface area contributed by atoms with Crippen molar-refractivity contribution in [2.75, 3.05) is 16.8 Å². The molecule has 0 radical (unpaired) electrons. The van der Waals surface area contributed by atoms with E-state index in [0.717, 1.165) is 17.6 Å². The van der Waals surface area contributed by atoms with Crippen molar-refractivity contribution in [3.05, 3.63) is 29.3 Å². The summed E-state index contributed by atoms with van der Waals surface area (Å²) >= 11 is 3.46. The molecule has 1 fully saturated rings. The molecule has 3 heteroatoms. The molecule has 0 aromatic heterocycles. The van der Waals surface area contributed by atoms with Crippen molar-refractivity contribution in [1.82, 2.24) is 0 Å². The Morgan fingerprint density at radius 2 is 2.00 bits per heavy atom. The third-order valence-electron chi connectivity index (χ3n) is 3.13. The zero-order chi connectivity index (χ0) is 11.7. The Morgan fingerprint density at radius 3 is 2.50 bits per heavy atom. The Kier molecular flexibility index (Phi) is 3.33. The van der Waals surface area contributed by atoms with Crippen LogP contribution in [0.5, 0.6) is 0 Å². The Balaban J connectivity index is 2.35. The summed E-state index contributed by atoms with van der Waals surface area (Å²) in [6.45, 7) is 4.98. The number of halogens is 1. The number of carbonyl (C=O) groups is 1. The van der Waals surface area contributed by atoms with Crippen molar-refractivity contribution in [2.24, 2.45) is 5.92 Å². The van der Waals surface area contributed by atoms with Gasteiger partial charge in [-0.2, -0.15) is 0 Å². The average molecular weight is 282 g/mol.